The monoisotopic (exact) mass is 578 g/mol. The number of amides is 1. The Kier molecular flexibility index (Phi) is 8.84. The van der Waals surface area contributed by atoms with Gasteiger partial charge >= 0.3 is 6.18 Å². The molecule has 6 nitrogen and oxygen atoms in total. The topological polar surface area (TPSA) is 86.7 Å². The van der Waals surface area contributed by atoms with Gasteiger partial charge in [-0.05, 0) is 66.1 Å². The van der Waals surface area contributed by atoms with E-state index in [9.17, 15) is 35.9 Å². The van der Waals surface area contributed by atoms with Gasteiger partial charge in [-0.1, -0.05) is 31.2 Å². The van der Waals surface area contributed by atoms with Gasteiger partial charge in [0.15, 0.2) is 9.84 Å². The van der Waals surface area contributed by atoms with Gasteiger partial charge in [0.25, 0.3) is 5.91 Å². The molecule has 1 amide bonds. The number of benzene rings is 3. The Balaban J connectivity index is 1.43. The van der Waals surface area contributed by atoms with Crippen LogP contribution in [0.25, 0.3) is 0 Å². The van der Waals surface area contributed by atoms with E-state index in [4.69, 9.17) is 0 Å². The van der Waals surface area contributed by atoms with Crippen molar-refractivity contribution in [1.82, 2.24) is 5.32 Å². The highest BCUT2D eigenvalue weighted by Gasteiger charge is 2.34. The van der Waals surface area contributed by atoms with E-state index in [2.05, 4.69) is 5.32 Å². The number of carbonyl (C=O) groups is 1. The molecule has 3 atom stereocenters. The molecule has 0 radical (unpaired) electrons. The fourth-order valence-corrected chi connectivity index (χ4v) is 5.80. The molecule has 11 heteroatoms. The molecular weight excluding hydrogens is 548 g/mol. The highest BCUT2D eigenvalue weighted by molar-refractivity contribution is 7.91. The zero-order chi connectivity index (χ0) is 29.1. The van der Waals surface area contributed by atoms with Crippen molar-refractivity contribution >= 4 is 21.4 Å². The quantitative estimate of drug-likeness (QED) is 0.337. The highest BCUT2D eigenvalue weighted by atomic mass is 32.2. The van der Waals surface area contributed by atoms with E-state index in [1.807, 2.05) is 4.90 Å². The predicted molar refractivity (Wildman–Crippen MR) is 144 cm³/mol. The smallest absolute Gasteiger partial charge is 0.394 e. The minimum Gasteiger partial charge on any atom is -0.394 e. The first kappa shape index (κ1) is 29.5. The Bertz CT molecular complexity index is 1410. The molecule has 1 unspecified atom stereocenters. The molecule has 4 rings (SSSR count). The van der Waals surface area contributed by atoms with E-state index in [1.165, 1.54) is 24.3 Å². The van der Waals surface area contributed by atoms with Gasteiger partial charge in [0.2, 0.25) is 0 Å². The highest BCUT2D eigenvalue weighted by Crippen LogP contribution is 2.37. The van der Waals surface area contributed by atoms with Crippen LogP contribution in [0.4, 0.5) is 23.2 Å². The maximum absolute atomic E-state index is 13.9. The van der Waals surface area contributed by atoms with Crippen LogP contribution in [-0.4, -0.2) is 51.1 Å². The average molecular weight is 579 g/mol. The van der Waals surface area contributed by atoms with Crippen LogP contribution >= 0.6 is 0 Å². The lowest BCUT2D eigenvalue weighted by molar-refractivity contribution is -0.137. The van der Waals surface area contributed by atoms with Crippen molar-refractivity contribution in [2.45, 2.75) is 42.4 Å². The van der Waals surface area contributed by atoms with Crippen molar-refractivity contribution < 1.29 is 35.9 Å². The number of nitrogens with zero attached hydrogens (tertiary/aromatic N) is 1. The minimum absolute atomic E-state index is 0.0400. The maximum Gasteiger partial charge on any atom is 0.416 e. The molecule has 1 heterocycles. The van der Waals surface area contributed by atoms with Crippen LogP contribution < -0.4 is 10.2 Å². The van der Waals surface area contributed by atoms with Gasteiger partial charge in [0.1, 0.15) is 6.67 Å². The average Bonchev–Trinajstić information content (AvgIpc) is 3.40. The Hall–Kier alpha value is -3.44. The summed E-state index contributed by atoms with van der Waals surface area (Å²) in [5, 5.41) is 12.6. The van der Waals surface area contributed by atoms with Crippen molar-refractivity contribution in [3.05, 3.63) is 95.1 Å². The number of aliphatic hydroxyl groups excluding tert-OH is 1. The van der Waals surface area contributed by atoms with Crippen LogP contribution in [0.15, 0.2) is 77.7 Å². The third-order valence-corrected chi connectivity index (χ3v) is 9.02. The summed E-state index contributed by atoms with van der Waals surface area (Å²) in [7, 11) is -3.38. The second-order valence-electron chi connectivity index (χ2n) is 9.74. The van der Waals surface area contributed by atoms with E-state index < -0.39 is 52.8 Å². The van der Waals surface area contributed by atoms with Crippen LogP contribution in [0.1, 0.15) is 52.4 Å². The van der Waals surface area contributed by atoms with E-state index in [-0.39, 0.29) is 16.6 Å². The first-order valence-corrected chi connectivity index (χ1v) is 14.5. The fraction of sp³-hybridized carbons (Fsp3) is 0.345. The normalized spacial score (nSPS) is 18.5. The van der Waals surface area contributed by atoms with Crippen LogP contribution in [-0.2, 0) is 16.0 Å². The third-order valence-electron chi connectivity index (χ3n) is 7.27. The van der Waals surface area contributed by atoms with E-state index in [1.54, 1.807) is 43.3 Å². The van der Waals surface area contributed by atoms with Gasteiger partial charge in [-0.3, -0.25) is 4.79 Å². The summed E-state index contributed by atoms with van der Waals surface area (Å²) in [6.45, 7) is 0.934. The van der Waals surface area contributed by atoms with Crippen LogP contribution in [0.5, 0.6) is 0 Å². The SMILES string of the molecule is CCS(=O)(=O)c1ccc([C@H](CO)NC(=O)c2ccc(N3CC(c4ccc(C(F)(F)F)cc4)C[C@H]3CF)cc2)cc1. The molecular formula is C29H30F4N2O4S. The van der Waals surface area contributed by atoms with Crippen LogP contribution in [0, 0.1) is 0 Å². The zero-order valence-corrected chi connectivity index (χ0v) is 22.6. The molecule has 1 fully saturated rings. The van der Waals surface area contributed by atoms with Crippen molar-refractivity contribution in [3.63, 3.8) is 0 Å². The van der Waals surface area contributed by atoms with Crippen molar-refractivity contribution in [2.75, 3.05) is 30.5 Å². The molecule has 3 aromatic carbocycles. The lowest BCUT2D eigenvalue weighted by Gasteiger charge is -2.25. The fourth-order valence-electron chi connectivity index (χ4n) is 4.92. The largest absolute Gasteiger partial charge is 0.416 e. The Labute approximate surface area is 230 Å². The molecule has 40 heavy (non-hydrogen) atoms. The van der Waals surface area contributed by atoms with Crippen molar-refractivity contribution in [2.24, 2.45) is 0 Å². The predicted octanol–water partition coefficient (Wildman–Crippen LogP) is 5.29. The molecule has 0 aromatic heterocycles. The molecule has 1 saturated heterocycles. The van der Waals surface area contributed by atoms with Gasteiger partial charge in [-0.15, -0.1) is 0 Å². The molecule has 214 valence electrons. The minimum atomic E-state index is -4.42. The van der Waals surface area contributed by atoms with E-state index >= 15 is 0 Å². The van der Waals surface area contributed by atoms with Crippen LogP contribution in [0.3, 0.4) is 0 Å². The zero-order valence-electron chi connectivity index (χ0n) is 21.7. The number of sulfone groups is 1. The molecule has 3 aromatic rings. The molecule has 0 spiro atoms. The number of nitrogens with one attached hydrogen (secondary N) is 1. The lowest BCUT2D eigenvalue weighted by atomic mass is 9.95. The second-order valence-corrected chi connectivity index (χ2v) is 12.0. The van der Waals surface area contributed by atoms with Gasteiger partial charge in [-0.25, -0.2) is 12.8 Å². The summed E-state index contributed by atoms with van der Waals surface area (Å²) in [6, 6.07) is 16.2. The Morgan fingerprint density at radius 2 is 1.65 bits per heavy atom. The third kappa shape index (κ3) is 6.47. The first-order chi connectivity index (χ1) is 19.0. The van der Waals surface area contributed by atoms with Crippen molar-refractivity contribution in [1.29, 1.82) is 0 Å². The molecule has 2 N–H and O–H groups in total. The summed E-state index contributed by atoms with van der Waals surface area (Å²) >= 11 is 0. The molecule has 1 aliphatic rings. The van der Waals surface area contributed by atoms with Crippen LogP contribution in [0.2, 0.25) is 0 Å². The molecule has 1 aliphatic heterocycles. The standard InChI is InChI=1S/C29H30F4N2O4S/c1-2-40(38,39)26-13-7-20(8-14-26)27(18-36)34-28(37)21-5-11-24(12-6-21)35-17-22(15-25(35)16-30)19-3-9-23(10-4-19)29(31,32)33/h3-14,22,25,27,36H,2,15-18H2,1H3,(H,34,37)/t22?,25-,27-/m0/s1. The Morgan fingerprint density at radius 3 is 2.17 bits per heavy atom. The summed E-state index contributed by atoms with van der Waals surface area (Å²) in [4.78, 5) is 14.9. The summed E-state index contributed by atoms with van der Waals surface area (Å²) in [5.74, 6) is -0.640. The number of alkyl halides is 4. The van der Waals surface area contributed by atoms with Gasteiger partial charge < -0.3 is 15.3 Å². The number of hydrogen-bond acceptors (Lipinski definition) is 5. The number of carbonyl (C=O) groups excluding carboxylic acids is 1. The summed E-state index contributed by atoms with van der Waals surface area (Å²) in [5.41, 5.74) is 1.51. The second kappa shape index (κ2) is 12.0. The number of anilines is 1. The molecule has 0 saturated carbocycles. The van der Waals surface area contributed by atoms with Gasteiger partial charge in [0.05, 0.1) is 34.9 Å². The van der Waals surface area contributed by atoms with E-state index in [0.717, 1.165) is 12.1 Å². The molecule has 0 aliphatic carbocycles. The van der Waals surface area contributed by atoms with Gasteiger partial charge in [0, 0.05) is 23.7 Å². The number of hydrogen-bond donors (Lipinski definition) is 2. The number of halogens is 4. The first-order valence-electron chi connectivity index (χ1n) is 12.8. The van der Waals surface area contributed by atoms with E-state index in [0.29, 0.717) is 35.3 Å². The Morgan fingerprint density at radius 1 is 1.02 bits per heavy atom. The number of aliphatic hydroxyl groups is 1. The maximum atomic E-state index is 13.9. The summed E-state index contributed by atoms with van der Waals surface area (Å²) in [6.07, 6.45) is -3.98. The van der Waals surface area contributed by atoms with Crippen molar-refractivity contribution in [3.8, 4) is 0 Å². The van der Waals surface area contributed by atoms with Gasteiger partial charge in [-0.2, -0.15) is 13.2 Å². The number of rotatable bonds is 9. The lowest BCUT2D eigenvalue weighted by Crippen LogP contribution is -2.32. The molecule has 0 bridgehead atoms. The summed E-state index contributed by atoms with van der Waals surface area (Å²) < 4.78 is 76.7.